The molecule has 2 saturated carbocycles. The van der Waals surface area contributed by atoms with Gasteiger partial charge in [0.15, 0.2) is 0 Å². The van der Waals surface area contributed by atoms with Crippen molar-refractivity contribution in [3.05, 3.63) is 108 Å². The van der Waals surface area contributed by atoms with Gasteiger partial charge in [-0.1, -0.05) is 127 Å². The molecule has 0 amide bonds. The van der Waals surface area contributed by atoms with E-state index in [4.69, 9.17) is 20.9 Å². The van der Waals surface area contributed by atoms with Crippen molar-refractivity contribution in [3.63, 3.8) is 0 Å². The Morgan fingerprint density at radius 2 is 0.942 bits per heavy atom. The molecule has 4 aromatic carbocycles. The van der Waals surface area contributed by atoms with E-state index >= 15 is 0 Å². The lowest BCUT2D eigenvalue weighted by atomic mass is 9.60. The number of unbranched alkanes of at least 4 members (excludes halogenated alkanes) is 9. The van der Waals surface area contributed by atoms with Gasteiger partial charge in [-0.15, -0.1) is 0 Å². The van der Waals surface area contributed by atoms with Gasteiger partial charge in [0.25, 0.3) is 0 Å². The molecule has 0 atom stereocenters. The number of hydrogen-bond donors (Lipinski definition) is 2. The first-order valence-electron chi connectivity index (χ1n) is 20.8. The maximum Gasteiger partial charge on any atom is 0.129 e. The van der Waals surface area contributed by atoms with Gasteiger partial charge in [-0.2, -0.15) is 0 Å². The van der Waals surface area contributed by atoms with Gasteiger partial charge in [-0.05, 0) is 116 Å². The number of benzene rings is 4. The van der Waals surface area contributed by atoms with Crippen molar-refractivity contribution in [1.82, 2.24) is 0 Å². The number of rotatable bonds is 18. The van der Waals surface area contributed by atoms with Gasteiger partial charge in [0.05, 0.1) is 0 Å². The molecule has 2 aliphatic carbocycles. The minimum absolute atomic E-state index is 0.0331. The molecule has 6 rings (SSSR count). The first kappa shape index (κ1) is 37.8. The topological polar surface area (TPSA) is 70.5 Å². The first-order valence-corrected chi connectivity index (χ1v) is 20.8. The van der Waals surface area contributed by atoms with Crippen LogP contribution in [0.1, 0.15) is 140 Å². The molecule has 0 aromatic heterocycles. The molecule has 52 heavy (non-hydrogen) atoms. The van der Waals surface area contributed by atoms with Crippen molar-refractivity contribution in [3.8, 4) is 23.0 Å². The summed E-state index contributed by atoms with van der Waals surface area (Å²) >= 11 is 0. The van der Waals surface area contributed by atoms with Crippen LogP contribution in [0.25, 0.3) is 0 Å². The summed E-state index contributed by atoms with van der Waals surface area (Å²) in [7, 11) is 0. The van der Waals surface area contributed by atoms with E-state index in [9.17, 15) is 0 Å². The van der Waals surface area contributed by atoms with Crippen LogP contribution in [-0.4, -0.2) is 0 Å². The quantitative estimate of drug-likeness (QED) is 0.0800. The molecule has 4 heteroatoms. The van der Waals surface area contributed by atoms with Crippen molar-refractivity contribution in [2.45, 2.75) is 134 Å². The molecule has 0 unspecified atom stereocenters. The van der Waals surface area contributed by atoms with E-state index in [0.717, 1.165) is 40.8 Å². The van der Waals surface area contributed by atoms with E-state index in [1.54, 1.807) is 0 Å². The molecule has 2 aliphatic rings. The lowest BCUT2D eigenvalue weighted by Crippen LogP contribution is -2.35. The molecule has 4 N–H and O–H groups in total. The average Bonchev–Trinajstić information content (AvgIpc) is 3.17. The lowest BCUT2D eigenvalue weighted by Gasteiger charge is -2.44. The minimum atomic E-state index is -0.0331. The summed E-state index contributed by atoms with van der Waals surface area (Å²) in [5.41, 5.74) is 16.1. The van der Waals surface area contributed by atoms with E-state index in [2.05, 4.69) is 55.5 Å². The van der Waals surface area contributed by atoms with Crippen LogP contribution >= 0.6 is 0 Å². The van der Waals surface area contributed by atoms with Crippen molar-refractivity contribution >= 4 is 11.4 Å². The standard InChI is InChI=1S/C48H64N2O2/c1-2-3-4-5-6-7-8-9-10-11-14-37-19-21-38(22-20-37)39-31-33-48(34-32-39,40-23-27-44(28-24-40)51-46-17-12-15-42(49)35-46)41-25-29-45(30-26-41)52-47-18-13-16-43(50)36-47/h12-13,15-18,23-30,35-39H,2-11,14,19-22,31-34,49-50H2,1H3. The third-order valence-electron chi connectivity index (χ3n) is 12.4. The molecule has 0 spiro atoms. The summed E-state index contributed by atoms with van der Waals surface area (Å²) in [5, 5.41) is 0. The lowest BCUT2D eigenvalue weighted by molar-refractivity contribution is 0.140. The van der Waals surface area contributed by atoms with Crippen LogP contribution in [0.15, 0.2) is 97.1 Å². The number of anilines is 2. The fourth-order valence-corrected chi connectivity index (χ4v) is 9.33. The highest BCUT2D eigenvalue weighted by Crippen LogP contribution is 2.51. The Morgan fingerprint density at radius 1 is 0.500 bits per heavy atom. The molecule has 0 saturated heterocycles. The molecule has 4 nitrogen and oxygen atoms in total. The molecular formula is C48H64N2O2. The van der Waals surface area contributed by atoms with Crippen molar-refractivity contribution < 1.29 is 9.47 Å². The van der Waals surface area contributed by atoms with E-state index in [1.165, 1.54) is 133 Å². The molecule has 0 radical (unpaired) electrons. The van der Waals surface area contributed by atoms with Crippen molar-refractivity contribution in [2.24, 2.45) is 17.8 Å². The Bertz CT molecular complexity index is 1520. The number of nitrogens with two attached hydrogens (primary N) is 2. The Hall–Kier alpha value is -3.92. The monoisotopic (exact) mass is 700 g/mol. The van der Waals surface area contributed by atoms with Crippen molar-refractivity contribution in [1.29, 1.82) is 0 Å². The van der Waals surface area contributed by atoms with Gasteiger partial charge in [0.2, 0.25) is 0 Å². The van der Waals surface area contributed by atoms with E-state index in [1.807, 2.05) is 48.5 Å². The van der Waals surface area contributed by atoms with Gasteiger partial charge >= 0.3 is 0 Å². The smallest absolute Gasteiger partial charge is 0.129 e. The van der Waals surface area contributed by atoms with E-state index in [-0.39, 0.29) is 5.41 Å². The van der Waals surface area contributed by atoms with Crippen LogP contribution in [0.4, 0.5) is 11.4 Å². The zero-order chi connectivity index (χ0) is 36.0. The van der Waals surface area contributed by atoms with Gasteiger partial charge in [0.1, 0.15) is 23.0 Å². The highest BCUT2D eigenvalue weighted by molar-refractivity contribution is 5.48. The molecule has 2 fully saturated rings. The molecule has 0 bridgehead atoms. The van der Waals surface area contributed by atoms with Crippen LogP contribution in [0.3, 0.4) is 0 Å². The van der Waals surface area contributed by atoms with Gasteiger partial charge in [-0.25, -0.2) is 0 Å². The van der Waals surface area contributed by atoms with E-state index < -0.39 is 0 Å². The maximum atomic E-state index is 6.18. The average molecular weight is 701 g/mol. The van der Waals surface area contributed by atoms with Gasteiger partial charge in [0, 0.05) is 28.9 Å². The molecule has 0 heterocycles. The predicted molar refractivity (Wildman–Crippen MR) is 219 cm³/mol. The number of hydrogen-bond acceptors (Lipinski definition) is 4. The number of ether oxygens (including phenoxy) is 2. The highest BCUT2D eigenvalue weighted by Gasteiger charge is 2.41. The predicted octanol–water partition coefficient (Wildman–Crippen LogP) is 14.0. The van der Waals surface area contributed by atoms with Gasteiger partial charge in [-0.3, -0.25) is 0 Å². The van der Waals surface area contributed by atoms with Crippen molar-refractivity contribution in [2.75, 3.05) is 11.5 Å². The van der Waals surface area contributed by atoms with Crippen LogP contribution in [0.2, 0.25) is 0 Å². The Kier molecular flexibility index (Phi) is 14.0. The minimum Gasteiger partial charge on any atom is -0.457 e. The SMILES string of the molecule is CCCCCCCCCCCCC1CCC(C2CCC(c3ccc(Oc4cccc(N)c4)cc3)(c3ccc(Oc4cccc(N)c4)cc3)CC2)CC1. The second-order valence-electron chi connectivity index (χ2n) is 16.1. The summed E-state index contributed by atoms with van der Waals surface area (Å²) in [6, 6.07) is 32.9. The van der Waals surface area contributed by atoms with Crippen LogP contribution < -0.4 is 20.9 Å². The highest BCUT2D eigenvalue weighted by atomic mass is 16.5. The first-order chi connectivity index (χ1) is 25.5. The third kappa shape index (κ3) is 10.6. The largest absolute Gasteiger partial charge is 0.457 e. The van der Waals surface area contributed by atoms with E-state index in [0.29, 0.717) is 11.4 Å². The molecule has 278 valence electrons. The second kappa shape index (κ2) is 19.2. The maximum absolute atomic E-state index is 6.18. The summed E-state index contributed by atoms with van der Waals surface area (Å²) in [5.74, 6) is 5.88. The Balaban J connectivity index is 1.05. The Morgan fingerprint density at radius 3 is 1.40 bits per heavy atom. The zero-order valence-corrected chi connectivity index (χ0v) is 31.9. The summed E-state index contributed by atoms with van der Waals surface area (Å²) in [6.07, 6.45) is 26.5. The van der Waals surface area contributed by atoms with Crippen LogP contribution in [0, 0.1) is 17.8 Å². The molecular weight excluding hydrogens is 637 g/mol. The zero-order valence-electron chi connectivity index (χ0n) is 31.9. The Labute approximate surface area is 314 Å². The fourth-order valence-electron chi connectivity index (χ4n) is 9.33. The second-order valence-corrected chi connectivity index (χ2v) is 16.1. The third-order valence-corrected chi connectivity index (χ3v) is 12.4. The molecule has 4 aromatic rings. The molecule has 0 aliphatic heterocycles. The van der Waals surface area contributed by atoms with Crippen LogP contribution in [0.5, 0.6) is 23.0 Å². The summed E-state index contributed by atoms with van der Waals surface area (Å²) in [4.78, 5) is 0. The normalized spacial score (nSPS) is 18.9. The fraction of sp³-hybridized carbons (Fsp3) is 0.500. The number of nitrogen functional groups attached to an aromatic ring is 2. The summed E-state index contributed by atoms with van der Waals surface area (Å²) < 4.78 is 12.4. The van der Waals surface area contributed by atoms with Gasteiger partial charge < -0.3 is 20.9 Å². The summed E-state index contributed by atoms with van der Waals surface area (Å²) in [6.45, 7) is 2.30. The van der Waals surface area contributed by atoms with Crippen LogP contribution in [-0.2, 0) is 5.41 Å².